The number of methoxy groups -OCH3 is 2. The van der Waals surface area contributed by atoms with E-state index in [1.54, 1.807) is 33.3 Å². The first-order valence-corrected chi connectivity index (χ1v) is 14.6. The number of carbonyl (C=O) groups excluding carboxylic acids is 2. The number of esters is 2. The molecule has 0 amide bonds. The second kappa shape index (κ2) is 12.2. The monoisotopic (exact) mass is 602 g/mol. The highest BCUT2D eigenvalue weighted by Gasteiger charge is 2.48. The Morgan fingerprint density at radius 1 is 1.24 bits per heavy atom. The maximum absolute atomic E-state index is 13.4. The molecule has 0 spiro atoms. The lowest BCUT2D eigenvalue weighted by atomic mass is 9.77. The Morgan fingerprint density at radius 2 is 2.00 bits per heavy atom. The van der Waals surface area contributed by atoms with E-state index >= 15 is 0 Å². The van der Waals surface area contributed by atoms with Crippen LogP contribution in [0.5, 0.6) is 11.5 Å². The summed E-state index contributed by atoms with van der Waals surface area (Å²) in [5.41, 5.74) is 0.205. The van der Waals surface area contributed by atoms with Crippen LogP contribution in [0, 0.1) is 5.92 Å². The summed E-state index contributed by atoms with van der Waals surface area (Å²) < 4.78 is 23.4. The van der Waals surface area contributed by atoms with Crippen LogP contribution in [-0.4, -0.2) is 63.1 Å². The molecular weight excluding hydrogens is 572 g/mol. The lowest BCUT2D eigenvalue weighted by Gasteiger charge is -2.41. The predicted octanol–water partition coefficient (Wildman–Crippen LogP) is 5.34. The molecule has 11 nitrogen and oxygen atoms in total. The molecule has 13 heteroatoms. The number of thioether (sulfide) groups is 1. The Kier molecular flexibility index (Phi) is 8.60. The summed E-state index contributed by atoms with van der Waals surface area (Å²) >= 11 is 7.30. The Labute approximate surface area is 246 Å². The van der Waals surface area contributed by atoms with Crippen LogP contribution in [0.3, 0.4) is 0 Å². The molecule has 2 aromatic heterocycles. The second-order valence-corrected chi connectivity index (χ2v) is 11.4. The molecule has 1 aliphatic heterocycles. The standard InChI is InChI=1S/C28H31ClN4O7S/c1-4-39-24(35)17-14-30-26-31-27(32-33(26)15-17)41-23-20(34)13-28(40-25(23)36,18-7-5-6-8-18)10-9-16-11-19(29)22(38-3)12-21(16)37-2/h11-12,14-15,18,34H,4-10,13H2,1-3H3. The number of aliphatic hydroxyl groups is 1. The third-order valence-corrected chi connectivity index (χ3v) is 8.82. The molecule has 0 radical (unpaired) electrons. The van der Waals surface area contributed by atoms with Crippen molar-refractivity contribution < 1.29 is 33.6 Å². The number of fused-ring (bicyclic) bond motifs is 1. The van der Waals surface area contributed by atoms with Gasteiger partial charge in [0.1, 0.15) is 27.8 Å². The summed E-state index contributed by atoms with van der Waals surface area (Å²) in [6.45, 7) is 1.94. The van der Waals surface area contributed by atoms with Crippen molar-refractivity contribution in [2.45, 2.75) is 62.6 Å². The van der Waals surface area contributed by atoms with Crippen LogP contribution >= 0.6 is 23.4 Å². The lowest BCUT2D eigenvalue weighted by Crippen LogP contribution is -2.45. The number of aryl methyl sites for hydroxylation is 1. The topological polar surface area (TPSA) is 134 Å². The fraction of sp³-hybridized carbons (Fsp3) is 0.464. The van der Waals surface area contributed by atoms with Gasteiger partial charge in [-0.25, -0.2) is 19.1 Å². The molecule has 1 atom stereocenters. The highest BCUT2D eigenvalue weighted by Crippen LogP contribution is 2.48. The number of hydrogen-bond acceptors (Lipinski definition) is 11. The van der Waals surface area contributed by atoms with Gasteiger partial charge in [0.05, 0.1) is 31.4 Å². The molecule has 41 heavy (non-hydrogen) atoms. The second-order valence-electron chi connectivity index (χ2n) is 9.99. The maximum atomic E-state index is 13.4. The number of cyclic esters (lactones) is 1. The van der Waals surface area contributed by atoms with Crippen LogP contribution < -0.4 is 9.47 Å². The number of nitrogens with zero attached hydrogens (tertiary/aromatic N) is 4. The van der Waals surface area contributed by atoms with Gasteiger partial charge in [0, 0.05) is 24.9 Å². The van der Waals surface area contributed by atoms with E-state index in [9.17, 15) is 14.7 Å². The first-order chi connectivity index (χ1) is 19.8. The number of aliphatic hydroxyl groups excluding tert-OH is 1. The van der Waals surface area contributed by atoms with Gasteiger partial charge in [-0.05, 0) is 61.9 Å². The maximum Gasteiger partial charge on any atom is 0.349 e. The first-order valence-electron chi connectivity index (χ1n) is 13.4. The van der Waals surface area contributed by atoms with Crippen molar-refractivity contribution in [2.24, 2.45) is 5.92 Å². The highest BCUT2D eigenvalue weighted by atomic mass is 35.5. The average Bonchev–Trinajstić information content (AvgIpc) is 3.64. The quantitative estimate of drug-likeness (QED) is 0.301. The molecule has 1 fully saturated rings. The van der Waals surface area contributed by atoms with Crippen molar-refractivity contribution in [1.29, 1.82) is 0 Å². The molecule has 1 N–H and O–H groups in total. The summed E-state index contributed by atoms with van der Waals surface area (Å²) in [7, 11) is 3.12. The zero-order chi connectivity index (χ0) is 29.1. The summed E-state index contributed by atoms with van der Waals surface area (Å²) in [6.07, 6.45) is 7.89. The molecular formula is C28H31ClN4O7S. The van der Waals surface area contributed by atoms with Crippen molar-refractivity contribution >= 4 is 41.1 Å². The van der Waals surface area contributed by atoms with Gasteiger partial charge in [0.25, 0.3) is 5.78 Å². The fourth-order valence-corrected chi connectivity index (χ4v) is 6.57. The van der Waals surface area contributed by atoms with Crippen molar-refractivity contribution in [3.8, 4) is 11.5 Å². The highest BCUT2D eigenvalue weighted by molar-refractivity contribution is 8.03. The van der Waals surface area contributed by atoms with Crippen LogP contribution in [0.4, 0.5) is 0 Å². The Morgan fingerprint density at radius 3 is 2.68 bits per heavy atom. The first kappa shape index (κ1) is 29.0. The summed E-state index contributed by atoms with van der Waals surface area (Å²) in [5.74, 6) is 0.276. The van der Waals surface area contributed by atoms with Gasteiger partial charge in [-0.2, -0.15) is 4.98 Å². The molecule has 218 valence electrons. The molecule has 0 bridgehead atoms. The largest absolute Gasteiger partial charge is 0.511 e. The molecule has 1 unspecified atom stereocenters. The van der Waals surface area contributed by atoms with Crippen LogP contribution in [0.2, 0.25) is 5.02 Å². The predicted molar refractivity (Wildman–Crippen MR) is 151 cm³/mol. The Balaban J connectivity index is 1.39. The zero-order valence-electron chi connectivity index (χ0n) is 23.0. The zero-order valence-corrected chi connectivity index (χ0v) is 24.6. The van der Waals surface area contributed by atoms with Gasteiger partial charge in [-0.15, -0.1) is 5.10 Å². The Bertz CT molecular complexity index is 1500. The third kappa shape index (κ3) is 5.94. The lowest BCUT2D eigenvalue weighted by molar-refractivity contribution is -0.166. The van der Waals surface area contributed by atoms with E-state index in [-0.39, 0.29) is 46.1 Å². The smallest absolute Gasteiger partial charge is 0.349 e. The molecule has 2 aliphatic rings. The van der Waals surface area contributed by atoms with Gasteiger partial charge in [0.2, 0.25) is 5.16 Å². The van der Waals surface area contributed by atoms with E-state index in [1.807, 2.05) is 0 Å². The minimum Gasteiger partial charge on any atom is -0.511 e. The summed E-state index contributed by atoms with van der Waals surface area (Å²) in [6, 6.07) is 3.55. The van der Waals surface area contributed by atoms with Gasteiger partial charge >= 0.3 is 11.9 Å². The van der Waals surface area contributed by atoms with E-state index in [2.05, 4.69) is 15.1 Å². The summed E-state index contributed by atoms with van der Waals surface area (Å²) in [5, 5.41) is 16.2. The SMILES string of the molecule is CCOC(=O)c1cnc2nc(SC3=C(O)CC(CCc4cc(Cl)c(OC)cc4OC)(C4CCCC4)OC3=O)nn2c1. The van der Waals surface area contributed by atoms with Crippen LogP contribution in [0.1, 0.15) is 61.4 Å². The number of ether oxygens (including phenoxy) is 4. The molecule has 0 saturated heterocycles. The van der Waals surface area contributed by atoms with Crippen molar-refractivity contribution in [3.05, 3.63) is 51.3 Å². The normalized spacial score (nSPS) is 19.5. The van der Waals surface area contributed by atoms with Crippen LogP contribution in [0.15, 0.2) is 40.3 Å². The summed E-state index contributed by atoms with van der Waals surface area (Å²) in [4.78, 5) is 34.0. The molecule has 5 rings (SSSR count). The molecule has 3 heterocycles. The number of hydrogen-bond donors (Lipinski definition) is 1. The van der Waals surface area contributed by atoms with E-state index in [0.717, 1.165) is 43.0 Å². The van der Waals surface area contributed by atoms with Crippen LogP contribution in [-0.2, 0) is 20.7 Å². The van der Waals surface area contributed by atoms with E-state index in [0.29, 0.717) is 29.4 Å². The fourth-order valence-electron chi connectivity index (χ4n) is 5.55. The minimum atomic E-state index is -0.873. The van der Waals surface area contributed by atoms with Gasteiger partial charge in [-0.1, -0.05) is 24.4 Å². The van der Waals surface area contributed by atoms with Gasteiger partial charge < -0.3 is 24.1 Å². The minimum absolute atomic E-state index is 0.0326. The number of halogens is 1. The van der Waals surface area contributed by atoms with E-state index in [1.165, 1.54) is 16.9 Å². The van der Waals surface area contributed by atoms with Gasteiger partial charge in [-0.3, -0.25) is 0 Å². The molecule has 1 saturated carbocycles. The van der Waals surface area contributed by atoms with Gasteiger partial charge in [0.15, 0.2) is 0 Å². The number of carbonyl (C=O) groups is 2. The number of rotatable bonds is 10. The number of aromatic nitrogens is 4. The van der Waals surface area contributed by atoms with E-state index < -0.39 is 17.5 Å². The Hall–Kier alpha value is -3.51. The van der Waals surface area contributed by atoms with Crippen LogP contribution in [0.25, 0.3) is 5.78 Å². The molecule has 1 aromatic carbocycles. The van der Waals surface area contributed by atoms with Crippen molar-refractivity contribution in [2.75, 3.05) is 20.8 Å². The number of benzene rings is 1. The molecule has 3 aromatic rings. The third-order valence-electron chi connectivity index (χ3n) is 7.56. The average molecular weight is 603 g/mol. The molecule has 1 aliphatic carbocycles. The van der Waals surface area contributed by atoms with Crippen molar-refractivity contribution in [1.82, 2.24) is 19.6 Å². The van der Waals surface area contributed by atoms with E-state index in [4.69, 9.17) is 30.5 Å². The van der Waals surface area contributed by atoms with Crippen molar-refractivity contribution in [3.63, 3.8) is 0 Å².